The van der Waals surface area contributed by atoms with E-state index >= 15 is 0 Å². The van der Waals surface area contributed by atoms with E-state index in [2.05, 4.69) is 50.6 Å². The lowest BCUT2D eigenvalue weighted by molar-refractivity contribution is -0.122. The summed E-state index contributed by atoms with van der Waals surface area (Å²) in [4.78, 5) is 17.4. The molecule has 0 aliphatic carbocycles. The second kappa shape index (κ2) is 9.85. The van der Waals surface area contributed by atoms with Crippen LogP contribution < -0.4 is 5.32 Å². The highest BCUT2D eigenvalue weighted by molar-refractivity contribution is 5.83. The molecule has 1 N–H and O–H groups in total. The number of piperazine rings is 1. The van der Waals surface area contributed by atoms with Crippen LogP contribution in [0.4, 0.5) is 0 Å². The number of aryl methyl sites for hydroxylation is 2. The second-order valence-electron chi connectivity index (χ2n) is 7.71. The monoisotopic (exact) mass is 384 g/mol. The molecule has 1 aliphatic heterocycles. The number of nitrogens with zero attached hydrogens (tertiary/aromatic N) is 3. The molecule has 0 saturated carbocycles. The van der Waals surface area contributed by atoms with Crippen LogP contribution in [0.3, 0.4) is 0 Å². The van der Waals surface area contributed by atoms with Gasteiger partial charge < -0.3 is 14.7 Å². The van der Waals surface area contributed by atoms with Crippen molar-refractivity contribution in [3.63, 3.8) is 0 Å². The van der Waals surface area contributed by atoms with Gasteiger partial charge in [-0.05, 0) is 39.3 Å². The molecule has 0 spiro atoms. The van der Waals surface area contributed by atoms with E-state index in [9.17, 15) is 4.79 Å². The van der Waals surface area contributed by atoms with E-state index in [4.69, 9.17) is 4.52 Å². The first kappa shape index (κ1) is 20.6. The molecule has 2 aromatic rings. The van der Waals surface area contributed by atoms with Crippen molar-refractivity contribution in [2.24, 2.45) is 0 Å². The van der Waals surface area contributed by atoms with Crippen molar-refractivity contribution in [2.75, 3.05) is 39.3 Å². The molecule has 1 aromatic carbocycles. The van der Waals surface area contributed by atoms with E-state index in [1.807, 2.05) is 20.8 Å². The van der Waals surface area contributed by atoms with Crippen molar-refractivity contribution >= 4 is 5.91 Å². The smallest absolute Gasteiger partial charge is 0.227 e. The molecule has 0 bridgehead atoms. The highest BCUT2D eigenvalue weighted by Gasteiger charge is 2.22. The van der Waals surface area contributed by atoms with E-state index in [0.29, 0.717) is 6.54 Å². The second-order valence-corrected chi connectivity index (χ2v) is 7.71. The Bertz CT molecular complexity index is 732. The predicted molar refractivity (Wildman–Crippen MR) is 110 cm³/mol. The van der Waals surface area contributed by atoms with Gasteiger partial charge in [-0.3, -0.25) is 9.69 Å². The van der Waals surface area contributed by atoms with Crippen LogP contribution in [-0.4, -0.2) is 60.1 Å². The molecule has 1 atom stereocenters. The molecule has 2 heterocycles. The number of hydrogen-bond acceptors (Lipinski definition) is 5. The van der Waals surface area contributed by atoms with E-state index in [1.165, 1.54) is 5.56 Å². The van der Waals surface area contributed by atoms with Crippen LogP contribution in [0.5, 0.6) is 0 Å². The lowest BCUT2D eigenvalue weighted by Gasteiger charge is -2.34. The van der Waals surface area contributed by atoms with Gasteiger partial charge in [0.25, 0.3) is 0 Å². The molecule has 1 unspecified atom stereocenters. The normalized spacial score (nSPS) is 16.8. The van der Waals surface area contributed by atoms with Crippen LogP contribution in [-0.2, 0) is 11.3 Å². The maximum atomic E-state index is 12.4. The van der Waals surface area contributed by atoms with Crippen molar-refractivity contribution in [2.45, 2.75) is 39.7 Å². The summed E-state index contributed by atoms with van der Waals surface area (Å²) >= 11 is 0. The first-order chi connectivity index (χ1) is 13.5. The predicted octanol–water partition coefficient (Wildman–Crippen LogP) is 2.72. The average molecular weight is 385 g/mol. The Kier molecular flexibility index (Phi) is 7.23. The van der Waals surface area contributed by atoms with Crippen LogP contribution in [0.1, 0.15) is 41.8 Å². The van der Waals surface area contributed by atoms with Crippen LogP contribution in [0.25, 0.3) is 0 Å². The Hall–Kier alpha value is -2.18. The summed E-state index contributed by atoms with van der Waals surface area (Å²) in [5.41, 5.74) is 3.09. The van der Waals surface area contributed by atoms with Crippen molar-refractivity contribution in [3.05, 3.63) is 52.9 Å². The molecule has 3 rings (SSSR count). The zero-order chi connectivity index (χ0) is 19.9. The Labute approximate surface area is 167 Å². The lowest BCUT2D eigenvalue weighted by atomic mass is 9.99. The number of benzene rings is 1. The summed E-state index contributed by atoms with van der Waals surface area (Å²) < 4.78 is 5.18. The standard InChI is InChI=1S/C22H32N4O2/c1-17(21-18(2)24-28-19(21)3)22(27)23-10-7-11-25-12-14-26(15-13-25)16-20-8-5-4-6-9-20/h4-6,8-9,17H,7,10-16H2,1-3H3,(H,23,27). The van der Waals surface area contributed by atoms with Crippen LogP contribution in [0.2, 0.25) is 0 Å². The Morgan fingerprint density at radius 1 is 1.14 bits per heavy atom. The van der Waals surface area contributed by atoms with Crippen molar-refractivity contribution in [3.8, 4) is 0 Å². The van der Waals surface area contributed by atoms with Crippen LogP contribution >= 0.6 is 0 Å². The minimum Gasteiger partial charge on any atom is -0.361 e. The lowest BCUT2D eigenvalue weighted by Crippen LogP contribution is -2.46. The summed E-state index contributed by atoms with van der Waals surface area (Å²) in [5.74, 6) is 0.545. The molecule has 0 radical (unpaired) electrons. The van der Waals surface area contributed by atoms with Gasteiger partial charge in [0.2, 0.25) is 5.91 Å². The van der Waals surface area contributed by atoms with Gasteiger partial charge >= 0.3 is 0 Å². The Balaban J connectivity index is 1.32. The first-order valence-corrected chi connectivity index (χ1v) is 10.2. The highest BCUT2D eigenvalue weighted by Crippen LogP contribution is 2.23. The molecule has 1 aliphatic rings. The quantitative estimate of drug-likeness (QED) is 0.709. The number of amides is 1. The molecule has 1 aromatic heterocycles. The molecule has 1 fully saturated rings. The van der Waals surface area contributed by atoms with E-state index in [0.717, 1.165) is 62.7 Å². The van der Waals surface area contributed by atoms with Crippen molar-refractivity contribution in [1.29, 1.82) is 0 Å². The number of hydrogen-bond donors (Lipinski definition) is 1. The average Bonchev–Trinajstić information content (AvgIpc) is 3.04. The SMILES string of the molecule is Cc1noc(C)c1C(C)C(=O)NCCCN1CCN(Cc2ccccc2)CC1. The summed E-state index contributed by atoms with van der Waals surface area (Å²) in [6.07, 6.45) is 0.971. The Morgan fingerprint density at radius 2 is 1.82 bits per heavy atom. The fourth-order valence-corrected chi connectivity index (χ4v) is 3.92. The third-order valence-electron chi connectivity index (χ3n) is 5.58. The highest BCUT2D eigenvalue weighted by atomic mass is 16.5. The topological polar surface area (TPSA) is 61.6 Å². The number of aromatic nitrogens is 1. The van der Waals surface area contributed by atoms with Crippen molar-refractivity contribution in [1.82, 2.24) is 20.3 Å². The number of carbonyl (C=O) groups excluding carboxylic acids is 1. The van der Waals surface area contributed by atoms with Gasteiger partial charge in [0, 0.05) is 44.8 Å². The van der Waals surface area contributed by atoms with Gasteiger partial charge in [-0.25, -0.2) is 0 Å². The largest absolute Gasteiger partial charge is 0.361 e. The van der Waals surface area contributed by atoms with Gasteiger partial charge in [0.05, 0.1) is 11.6 Å². The van der Waals surface area contributed by atoms with E-state index in [-0.39, 0.29) is 11.8 Å². The van der Waals surface area contributed by atoms with E-state index < -0.39 is 0 Å². The number of carbonyl (C=O) groups is 1. The van der Waals surface area contributed by atoms with Gasteiger partial charge in [0.1, 0.15) is 5.76 Å². The summed E-state index contributed by atoms with van der Waals surface area (Å²) in [6, 6.07) is 10.7. The molecule has 1 amide bonds. The molecule has 28 heavy (non-hydrogen) atoms. The Morgan fingerprint density at radius 3 is 2.46 bits per heavy atom. The zero-order valence-corrected chi connectivity index (χ0v) is 17.3. The minimum absolute atomic E-state index is 0.0436. The summed E-state index contributed by atoms with van der Waals surface area (Å²) in [6.45, 7) is 12.8. The van der Waals surface area contributed by atoms with Gasteiger partial charge in [0.15, 0.2) is 0 Å². The van der Waals surface area contributed by atoms with Crippen LogP contribution in [0, 0.1) is 13.8 Å². The van der Waals surface area contributed by atoms with E-state index in [1.54, 1.807) is 0 Å². The molecular weight excluding hydrogens is 352 g/mol. The fraction of sp³-hybridized carbons (Fsp3) is 0.545. The zero-order valence-electron chi connectivity index (χ0n) is 17.3. The fourth-order valence-electron chi connectivity index (χ4n) is 3.92. The number of nitrogens with one attached hydrogen (secondary N) is 1. The molecule has 1 saturated heterocycles. The molecule has 6 nitrogen and oxygen atoms in total. The van der Waals surface area contributed by atoms with Gasteiger partial charge in [-0.15, -0.1) is 0 Å². The summed E-state index contributed by atoms with van der Waals surface area (Å²) in [5, 5.41) is 7.00. The van der Waals surface area contributed by atoms with Gasteiger partial charge in [-0.2, -0.15) is 0 Å². The third kappa shape index (κ3) is 5.42. The molecular formula is C22H32N4O2. The summed E-state index contributed by atoms with van der Waals surface area (Å²) in [7, 11) is 0. The molecule has 152 valence electrons. The third-order valence-corrected chi connectivity index (χ3v) is 5.58. The van der Waals surface area contributed by atoms with Gasteiger partial charge in [-0.1, -0.05) is 35.5 Å². The minimum atomic E-state index is -0.229. The first-order valence-electron chi connectivity index (χ1n) is 10.2. The molecule has 6 heteroatoms. The maximum absolute atomic E-state index is 12.4. The van der Waals surface area contributed by atoms with Crippen molar-refractivity contribution < 1.29 is 9.32 Å². The maximum Gasteiger partial charge on any atom is 0.227 e. The van der Waals surface area contributed by atoms with Crippen LogP contribution in [0.15, 0.2) is 34.9 Å². The number of rotatable bonds is 8.